The Kier molecular flexibility index (Phi) is 6.50. The van der Waals surface area contributed by atoms with Gasteiger partial charge >= 0.3 is 0 Å². The quantitative estimate of drug-likeness (QED) is 0.614. The number of rotatable bonds is 9. The molecule has 1 fully saturated rings. The van der Waals surface area contributed by atoms with Crippen LogP contribution in [0, 0.1) is 17.8 Å². The predicted molar refractivity (Wildman–Crippen MR) is 106 cm³/mol. The average molecular weight is 398 g/mol. The number of sulfone groups is 1. The number of carbonyl (C=O) groups is 2. The number of amides is 2. The molecule has 0 aromatic carbocycles. The maximum absolute atomic E-state index is 13.0. The smallest absolute Gasteiger partial charge is 0.270 e. The van der Waals surface area contributed by atoms with Crippen molar-refractivity contribution in [3.8, 4) is 0 Å². The van der Waals surface area contributed by atoms with Crippen LogP contribution in [0.4, 0.5) is 0 Å². The monoisotopic (exact) mass is 397 g/mol. The van der Waals surface area contributed by atoms with Gasteiger partial charge in [-0.05, 0) is 43.4 Å². The highest BCUT2D eigenvalue weighted by atomic mass is 32.2. The lowest BCUT2D eigenvalue weighted by Gasteiger charge is -2.32. The van der Waals surface area contributed by atoms with Crippen LogP contribution in [0.3, 0.4) is 0 Å². The second kappa shape index (κ2) is 8.12. The van der Waals surface area contributed by atoms with Crippen molar-refractivity contribution in [1.29, 1.82) is 0 Å². The minimum absolute atomic E-state index is 0.0278. The Hall–Kier alpha value is -1.70. The van der Waals surface area contributed by atoms with Crippen molar-refractivity contribution in [3.63, 3.8) is 0 Å². The second-order valence-corrected chi connectivity index (χ2v) is 10.8. The second-order valence-electron chi connectivity index (χ2n) is 8.51. The molecule has 1 aliphatic heterocycles. The lowest BCUT2D eigenvalue weighted by molar-refractivity contribution is -0.125. The fourth-order valence-electron chi connectivity index (χ4n) is 3.54. The van der Waals surface area contributed by atoms with Crippen LogP contribution in [-0.2, 0) is 19.4 Å². The van der Waals surface area contributed by atoms with Gasteiger partial charge in [-0.25, -0.2) is 8.42 Å². The number of carbonyl (C=O) groups excluding carboxylic acids is 2. The van der Waals surface area contributed by atoms with Crippen molar-refractivity contribution in [2.75, 3.05) is 5.75 Å². The van der Waals surface area contributed by atoms with Gasteiger partial charge in [-0.15, -0.1) is 0 Å². The summed E-state index contributed by atoms with van der Waals surface area (Å²) in [6.45, 7) is 7.63. The van der Waals surface area contributed by atoms with Crippen LogP contribution in [0.15, 0.2) is 16.8 Å². The molecule has 7 nitrogen and oxygen atoms in total. The molecule has 1 heterocycles. The van der Waals surface area contributed by atoms with E-state index in [-0.39, 0.29) is 35.6 Å². The molecule has 2 aliphatic rings. The molecular formula is C19H31N3O4S. The fourth-order valence-corrected chi connectivity index (χ4v) is 6.02. The molecule has 2 amide bonds. The molecule has 2 rings (SSSR count). The summed E-state index contributed by atoms with van der Waals surface area (Å²) in [4.78, 5) is 28.2. The van der Waals surface area contributed by atoms with E-state index in [1.54, 1.807) is 6.08 Å². The summed E-state index contributed by atoms with van der Waals surface area (Å²) in [6.07, 6.45) is 5.43. The van der Waals surface area contributed by atoms with Gasteiger partial charge in [0.05, 0.1) is 5.75 Å². The Morgan fingerprint density at radius 3 is 2.30 bits per heavy atom. The molecule has 0 aromatic rings. The Morgan fingerprint density at radius 2 is 1.89 bits per heavy atom. The number of nitrogens with one attached hydrogen (secondary N) is 1. The molecule has 0 aromatic heterocycles. The molecule has 0 spiro atoms. The minimum Gasteiger partial charge on any atom is -0.368 e. The number of nitrogens with zero attached hydrogens (tertiary/aromatic N) is 1. The van der Waals surface area contributed by atoms with E-state index in [9.17, 15) is 18.0 Å². The van der Waals surface area contributed by atoms with E-state index in [4.69, 9.17) is 5.73 Å². The molecule has 0 saturated heterocycles. The third kappa shape index (κ3) is 4.97. The molecule has 2 atom stereocenters. The summed E-state index contributed by atoms with van der Waals surface area (Å²) in [7, 11) is -3.38. The van der Waals surface area contributed by atoms with Gasteiger partial charge in [-0.2, -0.15) is 0 Å². The first-order valence-electron chi connectivity index (χ1n) is 9.56. The van der Waals surface area contributed by atoms with E-state index in [2.05, 4.69) is 10.3 Å². The van der Waals surface area contributed by atoms with Gasteiger partial charge < -0.3 is 11.1 Å². The summed E-state index contributed by atoms with van der Waals surface area (Å²) in [6, 6.07) is -0.770. The number of primary amides is 1. The normalized spacial score (nSPS) is 24.0. The molecule has 8 heteroatoms. The highest BCUT2D eigenvalue weighted by Gasteiger charge is 2.53. The van der Waals surface area contributed by atoms with Crippen molar-refractivity contribution in [1.82, 2.24) is 5.32 Å². The topological polar surface area (TPSA) is 119 Å². The first kappa shape index (κ1) is 21.6. The number of aliphatic imine (C=N–C) groups is 1. The van der Waals surface area contributed by atoms with E-state index in [0.717, 1.165) is 12.8 Å². The Bertz CT molecular complexity index is 751. The largest absolute Gasteiger partial charge is 0.368 e. The Balaban J connectivity index is 2.16. The zero-order valence-corrected chi connectivity index (χ0v) is 17.4. The van der Waals surface area contributed by atoms with Crippen LogP contribution in [0.1, 0.15) is 53.4 Å². The third-order valence-corrected chi connectivity index (χ3v) is 7.89. The molecule has 27 heavy (non-hydrogen) atoms. The zero-order chi connectivity index (χ0) is 20.4. The highest BCUT2D eigenvalue weighted by molar-refractivity contribution is 7.93. The van der Waals surface area contributed by atoms with E-state index in [1.807, 2.05) is 27.7 Å². The standard InChI is InChI=1S/C19H31N3O4S/c1-12(2)9-16(17(20)23)22-18(24)15-7-8-19(11-21-15,14-5-6-14)27(25,26)10-13(3)4/h7,11-14,16H,5-6,8-10H2,1-4H3,(H2,20,23)(H,22,24)/t16-,19?/m0/s1. The lowest BCUT2D eigenvalue weighted by Crippen LogP contribution is -2.48. The molecule has 0 radical (unpaired) electrons. The van der Waals surface area contributed by atoms with Crippen LogP contribution in [-0.4, -0.2) is 43.0 Å². The van der Waals surface area contributed by atoms with Crippen LogP contribution in [0.5, 0.6) is 0 Å². The van der Waals surface area contributed by atoms with Gasteiger partial charge in [-0.3, -0.25) is 14.6 Å². The van der Waals surface area contributed by atoms with Gasteiger partial charge in [0.25, 0.3) is 5.91 Å². The SMILES string of the molecule is CC(C)C[C@H](NC(=O)C1=CCC(C2CC2)(S(=O)(=O)CC(C)C)C=N1)C(N)=O. The number of nitrogens with two attached hydrogens (primary N) is 1. The van der Waals surface area contributed by atoms with Crippen molar-refractivity contribution < 1.29 is 18.0 Å². The van der Waals surface area contributed by atoms with Crippen LogP contribution in [0.25, 0.3) is 0 Å². The predicted octanol–water partition coefficient (Wildman–Crippen LogP) is 1.58. The highest BCUT2D eigenvalue weighted by Crippen LogP contribution is 2.47. The third-order valence-electron chi connectivity index (χ3n) is 5.03. The Labute approximate surface area is 161 Å². The van der Waals surface area contributed by atoms with Crippen molar-refractivity contribution in [3.05, 3.63) is 11.8 Å². The summed E-state index contributed by atoms with van der Waals surface area (Å²) in [5.74, 6) is -0.713. The number of hydrogen-bond donors (Lipinski definition) is 2. The zero-order valence-electron chi connectivity index (χ0n) is 16.6. The first-order valence-corrected chi connectivity index (χ1v) is 11.2. The molecule has 3 N–H and O–H groups in total. The molecule has 152 valence electrons. The summed E-state index contributed by atoms with van der Waals surface area (Å²) in [5, 5.41) is 2.62. The lowest BCUT2D eigenvalue weighted by atomic mass is 9.96. The molecule has 1 unspecified atom stereocenters. The van der Waals surface area contributed by atoms with Crippen LogP contribution >= 0.6 is 0 Å². The maximum Gasteiger partial charge on any atom is 0.270 e. The van der Waals surface area contributed by atoms with E-state index >= 15 is 0 Å². The maximum atomic E-state index is 13.0. The van der Waals surface area contributed by atoms with Crippen LogP contribution in [0.2, 0.25) is 0 Å². The molecule has 0 bridgehead atoms. The molecule has 1 saturated carbocycles. The number of allylic oxidation sites excluding steroid dienone is 1. The molecule has 1 aliphatic carbocycles. The summed E-state index contributed by atoms with van der Waals surface area (Å²) in [5.41, 5.74) is 5.51. The Morgan fingerprint density at radius 1 is 1.26 bits per heavy atom. The van der Waals surface area contributed by atoms with Gasteiger partial charge in [0, 0.05) is 6.21 Å². The van der Waals surface area contributed by atoms with Crippen molar-refractivity contribution >= 4 is 27.9 Å². The molecular weight excluding hydrogens is 366 g/mol. The first-order chi connectivity index (χ1) is 12.5. The average Bonchev–Trinajstić information content (AvgIpc) is 3.37. The van der Waals surface area contributed by atoms with Gasteiger partial charge in [0.1, 0.15) is 16.5 Å². The summed E-state index contributed by atoms with van der Waals surface area (Å²) < 4.78 is 25.0. The van der Waals surface area contributed by atoms with Crippen molar-refractivity contribution in [2.45, 2.75) is 64.2 Å². The summed E-state index contributed by atoms with van der Waals surface area (Å²) >= 11 is 0. The van der Waals surface area contributed by atoms with Crippen molar-refractivity contribution in [2.24, 2.45) is 28.5 Å². The van der Waals surface area contributed by atoms with E-state index in [1.165, 1.54) is 6.21 Å². The minimum atomic E-state index is -3.38. The van der Waals surface area contributed by atoms with E-state index in [0.29, 0.717) is 6.42 Å². The van der Waals surface area contributed by atoms with Gasteiger partial charge in [-0.1, -0.05) is 33.8 Å². The number of hydrogen-bond acceptors (Lipinski definition) is 5. The van der Waals surface area contributed by atoms with E-state index < -0.39 is 32.4 Å². The van der Waals surface area contributed by atoms with Gasteiger partial charge in [0.15, 0.2) is 9.84 Å². The van der Waals surface area contributed by atoms with Gasteiger partial charge in [0.2, 0.25) is 5.91 Å². The fraction of sp³-hybridized carbons (Fsp3) is 0.737. The van der Waals surface area contributed by atoms with Crippen LogP contribution < -0.4 is 11.1 Å².